The number of benzene rings is 1. The van der Waals surface area contributed by atoms with Crippen molar-refractivity contribution in [3.63, 3.8) is 0 Å². The first-order valence-corrected chi connectivity index (χ1v) is 8.96. The molecule has 0 fully saturated rings. The van der Waals surface area contributed by atoms with Gasteiger partial charge < -0.3 is 20.1 Å². The maximum atomic E-state index is 13.9. The van der Waals surface area contributed by atoms with Crippen LogP contribution in [0.15, 0.2) is 12.1 Å². The van der Waals surface area contributed by atoms with Crippen LogP contribution < -0.4 is 15.4 Å². The molecule has 1 heterocycles. The molecule has 0 saturated heterocycles. The zero-order valence-corrected chi connectivity index (χ0v) is 16.3. The Morgan fingerprint density at radius 2 is 1.93 bits per heavy atom. The number of aromatic carboxylic acids is 1. The van der Waals surface area contributed by atoms with Crippen LogP contribution in [0.4, 0.5) is 18.6 Å². The van der Waals surface area contributed by atoms with E-state index in [1.165, 1.54) is 0 Å². The van der Waals surface area contributed by atoms with Gasteiger partial charge in [-0.1, -0.05) is 0 Å². The van der Waals surface area contributed by atoms with Gasteiger partial charge in [0.05, 0.1) is 5.56 Å². The summed E-state index contributed by atoms with van der Waals surface area (Å²) in [5, 5.41) is 14.3. The Morgan fingerprint density at radius 1 is 1.29 bits per heavy atom. The molecule has 3 N–H and O–H groups in total. The molecule has 0 bridgehead atoms. The van der Waals surface area contributed by atoms with Gasteiger partial charge in [-0.15, -0.1) is 0 Å². The second kappa shape index (κ2) is 9.42. The van der Waals surface area contributed by atoms with E-state index in [1.54, 1.807) is 6.92 Å². The molecule has 0 aliphatic carbocycles. The molecule has 0 aliphatic heterocycles. The quantitative estimate of drug-likeness (QED) is 0.614. The molecule has 1 aromatic carbocycles. The number of likely N-dealkylation sites (N-methyl/N-ethyl adjacent to an activating group) is 1. The van der Waals surface area contributed by atoms with Crippen LogP contribution in [0, 0.1) is 18.6 Å². The van der Waals surface area contributed by atoms with Crippen LogP contribution in [0.1, 0.15) is 21.5 Å². The minimum absolute atomic E-state index is 0.0466. The molecule has 0 aliphatic rings. The Balaban J connectivity index is 2.10. The second-order valence-electron chi connectivity index (χ2n) is 6.18. The minimum Gasteiger partial charge on any atom is -0.477 e. The molecule has 152 valence electrons. The first-order valence-electron chi connectivity index (χ1n) is 8.19. The lowest BCUT2D eigenvalue weighted by Crippen LogP contribution is -2.34. The fourth-order valence-electron chi connectivity index (χ4n) is 2.20. The van der Waals surface area contributed by atoms with Gasteiger partial charge in [0.15, 0.2) is 5.56 Å². The van der Waals surface area contributed by atoms with Gasteiger partial charge in [0.25, 0.3) is 0 Å². The van der Waals surface area contributed by atoms with Gasteiger partial charge in [-0.3, -0.25) is 5.32 Å². The van der Waals surface area contributed by atoms with Crippen molar-refractivity contribution in [1.29, 1.82) is 0 Å². The molecule has 0 spiro atoms. The van der Waals surface area contributed by atoms with E-state index in [-0.39, 0.29) is 22.0 Å². The number of halogens is 2. The number of hydrogen-bond acceptors (Lipinski definition) is 6. The topological polar surface area (TPSA) is 104 Å². The Bertz CT molecular complexity index is 850. The molecule has 0 unspecified atom stereocenters. The highest BCUT2D eigenvalue weighted by Crippen LogP contribution is 2.31. The van der Waals surface area contributed by atoms with Crippen LogP contribution in [-0.2, 0) is 6.61 Å². The van der Waals surface area contributed by atoms with Crippen molar-refractivity contribution in [3.05, 3.63) is 40.5 Å². The summed E-state index contributed by atoms with van der Waals surface area (Å²) < 4.78 is 36.9. The summed E-state index contributed by atoms with van der Waals surface area (Å²) in [6, 6.07) is 1.69. The standard InChI is InChI=1S/C17H20F2N4O4S/c1-9-6-11(18)10(12(19)7-9)8-27-14-13(16(24)25)15(28-22-14)21-17(26)20-4-5-23(2)3/h6-7H,4-5,8H2,1-3H3,(H,24,25)(H2,20,21,26). The number of amides is 2. The van der Waals surface area contributed by atoms with Crippen molar-refractivity contribution in [1.82, 2.24) is 14.6 Å². The summed E-state index contributed by atoms with van der Waals surface area (Å²) >= 11 is 0.693. The van der Waals surface area contributed by atoms with Gasteiger partial charge in [0, 0.05) is 13.1 Å². The van der Waals surface area contributed by atoms with Crippen LogP contribution in [0.5, 0.6) is 5.88 Å². The van der Waals surface area contributed by atoms with Crippen LogP contribution in [0.2, 0.25) is 0 Å². The predicted molar refractivity (Wildman–Crippen MR) is 100 cm³/mol. The lowest BCUT2D eigenvalue weighted by molar-refractivity contribution is 0.0693. The zero-order valence-electron chi connectivity index (χ0n) is 15.5. The van der Waals surface area contributed by atoms with E-state index in [2.05, 4.69) is 15.0 Å². The number of carbonyl (C=O) groups is 2. The molecule has 28 heavy (non-hydrogen) atoms. The van der Waals surface area contributed by atoms with Crippen molar-refractivity contribution in [2.45, 2.75) is 13.5 Å². The summed E-state index contributed by atoms with van der Waals surface area (Å²) in [5.41, 5.74) is -0.322. The van der Waals surface area contributed by atoms with Crippen molar-refractivity contribution in [3.8, 4) is 5.88 Å². The van der Waals surface area contributed by atoms with E-state index in [0.29, 0.717) is 30.2 Å². The Labute approximate surface area is 164 Å². The number of hydrogen-bond donors (Lipinski definition) is 3. The first-order chi connectivity index (χ1) is 13.2. The Morgan fingerprint density at radius 3 is 2.50 bits per heavy atom. The van der Waals surface area contributed by atoms with Crippen LogP contribution >= 0.6 is 11.5 Å². The number of nitrogens with zero attached hydrogens (tertiary/aromatic N) is 2. The number of anilines is 1. The number of nitrogens with one attached hydrogen (secondary N) is 2. The summed E-state index contributed by atoms with van der Waals surface area (Å²) in [7, 11) is 3.68. The van der Waals surface area contributed by atoms with Crippen LogP contribution in [0.3, 0.4) is 0 Å². The maximum absolute atomic E-state index is 13.9. The molecule has 8 nitrogen and oxygen atoms in total. The molecule has 0 saturated carbocycles. The lowest BCUT2D eigenvalue weighted by atomic mass is 10.1. The molecule has 0 radical (unpaired) electrons. The third kappa shape index (κ3) is 5.60. The lowest BCUT2D eigenvalue weighted by Gasteiger charge is -2.11. The maximum Gasteiger partial charge on any atom is 0.344 e. The molecule has 2 rings (SSSR count). The van der Waals surface area contributed by atoms with Crippen LogP contribution in [0.25, 0.3) is 0 Å². The number of carboxylic acids is 1. The minimum atomic E-state index is -1.39. The van der Waals surface area contributed by atoms with Gasteiger partial charge in [0.2, 0.25) is 5.88 Å². The third-order valence-electron chi connectivity index (χ3n) is 3.58. The Hall–Kier alpha value is -2.79. The predicted octanol–water partition coefficient (Wildman–Crippen LogP) is 2.69. The fraction of sp³-hybridized carbons (Fsp3) is 0.353. The largest absolute Gasteiger partial charge is 0.477 e. The first kappa shape index (κ1) is 21.5. The average Bonchev–Trinajstić information content (AvgIpc) is 2.96. The smallest absolute Gasteiger partial charge is 0.344 e. The van der Waals surface area contributed by atoms with Gasteiger partial charge in [-0.25, -0.2) is 18.4 Å². The number of carboxylic acid groups (broad SMARTS) is 1. The summed E-state index contributed by atoms with van der Waals surface area (Å²) in [4.78, 5) is 25.3. The number of aryl methyl sites for hydroxylation is 1. The van der Waals surface area contributed by atoms with Crippen molar-refractivity contribution >= 4 is 28.5 Å². The van der Waals surface area contributed by atoms with Crippen LogP contribution in [-0.4, -0.2) is 53.6 Å². The van der Waals surface area contributed by atoms with E-state index in [0.717, 1.165) is 12.1 Å². The van der Waals surface area contributed by atoms with E-state index in [1.807, 2.05) is 19.0 Å². The normalized spacial score (nSPS) is 10.8. The van der Waals surface area contributed by atoms with Gasteiger partial charge in [0.1, 0.15) is 23.2 Å². The monoisotopic (exact) mass is 414 g/mol. The van der Waals surface area contributed by atoms with Gasteiger partial charge >= 0.3 is 12.0 Å². The van der Waals surface area contributed by atoms with E-state index < -0.39 is 30.2 Å². The summed E-state index contributed by atoms with van der Waals surface area (Å²) in [5.74, 6) is -3.33. The van der Waals surface area contributed by atoms with Gasteiger partial charge in [-0.05, 0) is 50.2 Å². The average molecular weight is 414 g/mol. The highest BCUT2D eigenvalue weighted by Gasteiger charge is 2.24. The fourth-order valence-corrected chi connectivity index (χ4v) is 2.92. The summed E-state index contributed by atoms with van der Waals surface area (Å²) in [6.45, 7) is 1.96. The summed E-state index contributed by atoms with van der Waals surface area (Å²) in [6.07, 6.45) is 0. The van der Waals surface area contributed by atoms with Crippen molar-refractivity contribution in [2.24, 2.45) is 0 Å². The number of carbonyl (C=O) groups excluding carboxylic acids is 1. The molecule has 0 atom stereocenters. The third-order valence-corrected chi connectivity index (χ3v) is 4.33. The van der Waals surface area contributed by atoms with Crippen molar-refractivity contribution in [2.75, 3.05) is 32.5 Å². The van der Waals surface area contributed by atoms with E-state index in [9.17, 15) is 23.5 Å². The highest BCUT2D eigenvalue weighted by molar-refractivity contribution is 7.11. The number of ether oxygens (including phenoxy) is 1. The number of aromatic nitrogens is 1. The SMILES string of the molecule is Cc1cc(F)c(COc2nsc(NC(=O)NCCN(C)C)c2C(=O)O)c(F)c1. The molecule has 1 aromatic heterocycles. The van der Waals surface area contributed by atoms with E-state index >= 15 is 0 Å². The number of urea groups is 1. The molecular weight excluding hydrogens is 394 g/mol. The highest BCUT2D eigenvalue weighted by atomic mass is 32.1. The zero-order chi connectivity index (χ0) is 20.8. The molecule has 2 amide bonds. The van der Waals surface area contributed by atoms with Gasteiger partial charge in [-0.2, -0.15) is 4.37 Å². The Kier molecular flexibility index (Phi) is 7.24. The van der Waals surface area contributed by atoms with E-state index in [4.69, 9.17) is 4.74 Å². The second-order valence-corrected chi connectivity index (χ2v) is 6.95. The van der Waals surface area contributed by atoms with Crippen molar-refractivity contribution < 1.29 is 28.2 Å². The number of rotatable bonds is 8. The molecule has 11 heteroatoms. The molecular formula is C17H20F2N4O4S. The molecule has 2 aromatic rings.